The first-order chi connectivity index (χ1) is 33.0. The summed E-state index contributed by atoms with van der Waals surface area (Å²) in [5.74, 6) is -0.909. The second kappa shape index (κ2) is 54.9. The van der Waals surface area contributed by atoms with E-state index in [-0.39, 0.29) is 31.1 Å². The standard InChI is InChI=1S/C61H102O6/c1-4-7-10-13-15-17-19-21-23-25-26-27-28-29-30-31-32-33-34-36-37-39-41-43-45-48-51-54-60(63)66-57-58(56-65-59(62)53-50-47-12-9-6-3)67-61(64)55-52-49-46-44-42-40-38-35-24-22-20-18-16-14-11-8-5-2/h7-8,10-11,15-18,21-24,26-27,29-30,58H,4-6,9,12-14,19-20,25,28,31-57H2,1-3H3/b10-7-,11-8-,17-15-,18-16-,23-21-,24-22-,27-26-,30-29-. The number of allylic oxidation sites excluding steroid dienone is 16. The normalized spacial score (nSPS) is 12.8. The lowest BCUT2D eigenvalue weighted by atomic mass is 10.0. The Balaban J connectivity index is 4.10. The summed E-state index contributed by atoms with van der Waals surface area (Å²) in [4.78, 5) is 37.8. The van der Waals surface area contributed by atoms with E-state index < -0.39 is 6.10 Å². The highest BCUT2D eigenvalue weighted by atomic mass is 16.6. The Morgan fingerprint density at radius 2 is 0.582 bits per heavy atom. The van der Waals surface area contributed by atoms with E-state index >= 15 is 0 Å². The molecule has 0 heterocycles. The minimum atomic E-state index is -0.780. The predicted octanol–water partition coefficient (Wildman–Crippen LogP) is 18.5. The summed E-state index contributed by atoms with van der Waals surface area (Å²) in [6, 6.07) is 0. The SMILES string of the molecule is CC/C=C\C/C=C\C/C=C\C/C=C\C/C=C\CCCCCCCCCCCCCC(=O)OCC(COC(=O)CCCCCCC)OC(=O)CCCCCCCCC/C=C\C/C=C\C/C=C\CC. The van der Waals surface area contributed by atoms with Crippen LogP contribution in [0, 0.1) is 0 Å². The van der Waals surface area contributed by atoms with Gasteiger partial charge < -0.3 is 14.2 Å². The Kier molecular flexibility index (Phi) is 51.9. The van der Waals surface area contributed by atoms with Gasteiger partial charge in [0.2, 0.25) is 0 Å². The van der Waals surface area contributed by atoms with Crippen LogP contribution in [0.1, 0.15) is 252 Å². The first kappa shape index (κ1) is 63.3. The van der Waals surface area contributed by atoms with Crippen molar-refractivity contribution >= 4 is 17.9 Å². The molecule has 0 aliphatic heterocycles. The van der Waals surface area contributed by atoms with E-state index in [0.717, 1.165) is 122 Å². The molecule has 0 aliphatic rings. The van der Waals surface area contributed by atoms with Gasteiger partial charge in [0.15, 0.2) is 6.10 Å². The molecule has 0 amide bonds. The zero-order chi connectivity index (χ0) is 48.6. The summed E-state index contributed by atoms with van der Waals surface area (Å²) in [6.45, 7) is 6.32. The molecule has 0 aromatic carbocycles. The van der Waals surface area contributed by atoms with Crippen molar-refractivity contribution in [2.24, 2.45) is 0 Å². The summed E-state index contributed by atoms with van der Waals surface area (Å²) >= 11 is 0. The van der Waals surface area contributed by atoms with E-state index in [1.54, 1.807) is 0 Å². The summed E-state index contributed by atoms with van der Waals surface area (Å²) < 4.78 is 16.7. The van der Waals surface area contributed by atoms with Crippen LogP contribution in [0.4, 0.5) is 0 Å². The van der Waals surface area contributed by atoms with Crippen molar-refractivity contribution in [1.82, 2.24) is 0 Å². The van der Waals surface area contributed by atoms with Crippen LogP contribution in [0.15, 0.2) is 97.2 Å². The molecule has 0 radical (unpaired) electrons. The Bertz CT molecular complexity index is 1350. The van der Waals surface area contributed by atoms with E-state index in [1.807, 2.05) is 0 Å². The number of unbranched alkanes of at least 4 members (excludes halogenated alkanes) is 22. The maximum atomic E-state index is 12.8. The fourth-order valence-electron chi connectivity index (χ4n) is 7.48. The van der Waals surface area contributed by atoms with Crippen LogP contribution in [0.25, 0.3) is 0 Å². The van der Waals surface area contributed by atoms with E-state index in [2.05, 4.69) is 118 Å². The van der Waals surface area contributed by atoms with Gasteiger partial charge in [0.25, 0.3) is 0 Å². The molecule has 0 fully saturated rings. The highest BCUT2D eigenvalue weighted by Crippen LogP contribution is 2.15. The number of hydrogen-bond acceptors (Lipinski definition) is 6. The lowest BCUT2D eigenvalue weighted by molar-refractivity contribution is -0.167. The molecule has 6 heteroatoms. The van der Waals surface area contributed by atoms with Crippen molar-refractivity contribution in [2.45, 2.75) is 258 Å². The maximum absolute atomic E-state index is 12.8. The fourth-order valence-corrected chi connectivity index (χ4v) is 7.48. The zero-order valence-corrected chi connectivity index (χ0v) is 43.6. The van der Waals surface area contributed by atoms with Gasteiger partial charge in [0.1, 0.15) is 13.2 Å². The van der Waals surface area contributed by atoms with Crippen LogP contribution in [0.3, 0.4) is 0 Å². The van der Waals surface area contributed by atoms with Gasteiger partial charge in [-0.15, -0.1) is 0 Å². The molecule has 0 bridgehead atoms. The number of ether oxygens (including phenoxy) is 3. The Morgan fingerprint density at radius 1 is 0.313 bits per heavy atom. The van der Waals surface area contributed by atoms with E-state index in [4.69, 9.17) is 14.2 Å². The van der Waals surface area contributed by atoms with E-state index in [1.165, 1.54) is 89.9 Å². The monoisotopic (exact) mass is 931 g/mol. The Hall–Kier alpha value is -3.67. The molecule has 0 aromatic heterocycles. The molecule has 1 atom stereocenters. The lowest BCUT2D eigenvalue weighted by Crippen LogP contribution is -2.30. The number of hydrogen-bond donors (Lipinski definition) is 0. The van der Waals surface area contributed by atoms with Crippen LogP contribution >= 0.6 is 0 Å². The van der Waals surface area contributed by atoms with Crippen LogP contribution in [0.2, 0.25) is 0 Å². The van der Waals surface area contributed by atoms with Crippen molar-refractivity contribution < 1.29 is 28.6 Å². The van der Waals surface area contributed by atoms with Crippen molar-refractivity contribution in [3.63, 3.8) is 0 Å². The average Bonchev–Trinajstić information content (AvgIpc) is 3.33. The third-order valence-electron chi connectivity index (χ3n) is 11.6. The molecule has 0 saturated carbocycles. The van der Waals surface area contributed by atoms with Crippen LogP contribution in [-0.2, 0) is 28.6 Å². The van der Waals surface area contributed by atoms with Crippen LogP contribution < -0.4 is 0 Å². The molecule has 0 spiro atoms. The minimum absolute atomic E-state index is 0.0829. The topological polar surface area (TPSA) is 78.9 Å². The van der Waals surface area contributed by atoms with Gasteiger partial charge in [-0.3, -0.25) is 14.4 Å². The van der Waals surface area contributed by atoms with Gasteiger partial charge in [-0.05, 0) is 96.3 Å². The second-order valence-corrected chi connectivity index (χ2v) is 18.1. The van der Waals surface area contributed by atoms with Gasteiger partial charge in [-0.25, -0.2) is 0 Å². The van der Waals surface area contributed by atoms with Gasteiger partial charge in [0, 0.05) is 19.3 Å². The quantitative estimate of drug-likeness (QED) is 0.0262. The van der Waals surface area contributed by atoms with E-state index in [0.29, 0.717) is 19.3 Å². The van der Waals surface area contributed by atoms with Gasteiger partial charge >= 0.3 is 17.9 Å². The highest BCUT2D eigenvalue weighted by Gasteiger charge is 2.19. The molecular weight excluding hydrogens is 829 g/mol. The largest absolute Gasteiger partial charge is 0.462 e. The minimum Gasteiger partial charge on any atom is -0.462 e. The predicted molar refractivity (Wildman–Crippen MR) is 288 cm³/mol. The van der Waals surface area contributed by atoms with Gasteiger partial charge in [0.05, 0.1) is 0 Å². The molecule has 6 nitrogen and oxygen atoms in total. The maximum Gasteiger partial charge on any atom is 0.306 e. The lowest BCUT2D eigenvalue weighted by Gasteiger charge is -2.18. The van der Waals surface area contributed by atoms with Crippen LogP contribution in [0.5, 0.6) is 0 Å². The third kappa shape index (κ3) is 53.2. The van der Waals surface area contributed by atoms with Crippen molar-refractivity contribution in [2.75, 3.05) is 13.2 Å². The molecule has 0 saturated heterocycles. The summed E-state index contributed by atoms with van der Waals surface area (Å²) in [5.41, 5.74) is 0. The Morgan fingerprint density at radius 3 is 0.910 bits per heavy atom. The number of carbonyl (C=O) groups is 3. The molecular formula is C61H102O6. The van der Waals surface area contributed by atoms with Crippen molar-refractivity contribution in [3.05, 3.63) is 97.2 Å². The molecule has 0 N–H and O–H groups in total. The summed E-state index contributed by atoms with van der Waals surface area (Å²) in [6.07, 6.45) is 73.0. The van der Waals surface area contributed by atoms with Crippen molar-refractivity contribution in [1.29, 1.82) is 0 Å². The summed E-state index contributed by atoms with van der Waals surface area (Å²) in [5, 5.41) is 0. The highest BCUT2D eigenvalue weighted by molar-refractivity contribution is 5.71. The number of carbonyl (C=O) groups excluding carboxylic acids is 3. The van der Waals surface area contributed by atoms with Crippen LogP contribution in [-0.4, -0.2) is 37.2 Å². The first-order valence-electron chi connectivity index (χ1n) is 27.7. The first-order valence-corrected chi connectivity index (χ1v) is 27.7. The Labute approximate surface area is 413 Å². The molecule has 382 valence electrons. The molecule has 0 aromatic rings. The molecule has 67 heavy (non-hydrogen) atoms. The second-order valence-electron chi connectivity index (χ2n) is 18.1. The zero-order valence-electron chi connectivity index (χ0n) is 43.6. The molecule has 0 aliphatic carbocycles. The van der Waals surface area contributed by atoms with Gasteiger partial charge in [-0.2, -0.15) is 0 Å². The van der Waals surface area contributed by atoms with E-state index in [9.17, 15) is 14.4 Å². The number of esters is 3. The molecule has 1 unspecified atom stereocenters. The fraction of sp³-hybridized carbons (Fsp3) is 0.689. The van der Waals surface area contributed by atoms with Crippen molar-refractivity contribution in [3.8, 4) is 0 Å². The van der Waals surface area contributed by atoms with Gasteiger partial charge in [-0.1, -0.05) is 234 Å². The molecule has 0 rings (SSSR count). The third-order valence-corrected chi connectivity index (χ3v) is 11.6. The summed E-state index contributed by atoms with van der Waals surface area (Å²) in [7, 11) is 0. The smallest absolute Gasteiger partial charge is 0.306 e. The number of rotatable bonds is 49. The average molecular weight is 931 g/mol.